The summed E-state index contributed by atoms with van der Waals surface area (Å²) < 4.78 is 0. The van der Waals surface area contributed by atoms with Crippen molar-refractivity contribution in [3.05, 3.63) is 77.6 Å². The number of aromatic nitrogens is 3. The second kappa shape index (κ2) is 8.27. The molecule has 3 heterocycles. The molecule has 1 atom stereocenters. The van der Waals surface area contributed by atoms with Gasteiger partial charge in [0.15, 0.2) is 0 Å². The molecule has 154 valence electrons. The third-order valence-corrected chi connectivity index (χ3v) is 6.13. The molecule has 1 unspecified atom stereocenters. The van der Waals surface area contributed by atoms with Gasteiger partial charge in [0.05, 0.1) is 17.3 Å². The lowest BCUT2D eigenvalue weighted by Gasteiger charge is -2.33. The zero-order valence-corrected chi connectivity index (χ0v) is 17.2. The Bertz CT molecular complexity index is 1130. The zero-order chi connectivity index (χ0) is 21.2. The average Bonchev–Trinajstić information content (AvgIpc) is 3.70. The van der Waals surface area contributed by atoms with Crippen LogP contribution in [-0.4, -0.2) is 38.8 Å². The molecule has 31 heavy (non-hydrogen) atoms. The van der Waals surface area contributed by atoms with E-state index in [1.54, 1.807) is 36.7 Å². The number of hydrogen-bond acceptors (Lipinski definition) is 5. The topological polar surface area (TPSA) is 82.8 Å². The number of carbonyl (C=O) groups is 1. The zero-order valence-electron chi connectivity index (χ0n) is 17.2. The molecule has 0 spiro atoms. The number of nitriles is 1. The van der Waals surface area contributed by atoms with E-state index in [4.69, 9.17) is 10.2 Å². The summed E-state index contributed by atoms with van der Waals surface area (Å²) in [7, 11) is 0. The molecule has 3 aromatic rings. The van der Waals surface area contributed by atoms with Crippen LogP contribution in [0.3, 0.4) is 0 Å². The molecule has 1 amide bonds. The summed E-state index contributed by atoms with van der Waals surface area (Å²) in [5, 5.41) is 9.00. The van der Waals surface area contributed by atoms with Crippen molar-refractivity contribution in [2.24, 2.45) is 0 Å². The van der Waals surface area contributed by atoms with Crippen LogP contribution in [0.2, 0.25) is 0 Å². The fourth-order valence-electron chi connectivity index (χ4n) is 4.27. The predicted molar refractivity (Wildman–Crippen MR) is 116 cm³/mol. The highest BCUT2D eigenvalue weighted by molar-refractivity contribution is 5.94. The van der Waals surface area contributed by atoms with Crippen molar-refractivity contribution in [1.29, 1.82) is 5.26 Å². The normalized spacial score (nSPS) is 18.4. The van der Waals surface area contributed by atoms with Gasteiger partial charge >= 0.3 is 0 Å². The van der Waals surface area contributed by atoms with E-state index in [0.29, 0.717) is 23.6 Å². The number of nitrogens with zero attached hydrogens (tertiary/aromatic N) is 5. The van der Waals surface area contributed by atoms with Crippen LogP contribution in [0.1, 0.15) is 65.0 Å². The largest absolute Gasteiger partial charge is 0.338 e. The van der Waals surface area contributed by atoms with Gasteiger partial charge in [-0.3, -0.25) is 9.78 Å². The maximum absolute atomic E-state index is 13.1. The monoisotopic (exact) mass is 409 g/mol. The number of hydrogen-bond donors (Lipinski definition) is 0. The maximum atomic E-state index is 13.1. The minimum atomic E-state index is 0.0103. The number of amides is 1. The van der Waals surface area contributed by atoms with Crippen LogP contribution in [-0.2, 0) is 0 Å². The van der Waals surface area contributed by atoms with Crippen molar-refractivity contribution in [2.45, 2.75) is 37.5 Å². The average molecular weight is 409 g/mol. The minimum Gasteiger partial charge on any atom is -0.338 e. The molecule has 2 aliphatic rings. The van der Waals surface area contributed by atoms with Gasteiger partial charge in [0.1, 0.15) is 5.82 Å². The molecular formula is C25H23N5O. The van der Waals surface area contributed by atoms with Crippen molar-refractivity contribution in [2.75, 3.05) is 13.1 Å². The lowest BCUT2D eigenvalue weighted by atomic mass is 9.89. The Hall–Kier alpha value is -3.59. The van der Waals surface area contributed by atoms with Crippen molar-refractivity contribution in [3.63, 3.8) is 0 Å². The first-order valence-corrected chi connectivity index (χ1v) is 10.8. The molecule has 1 saturated carbocycles. The lowest BCUT2D eigenvalue weighted by Crippen LogP contribution is -2.39. The van der Waals surface area contributed by atoms with E-state index in [1.807, 2.05) is 23.2 Å². The number of piperidine rings is 1. The van der Waals surface area contributed by atoms with Crippen LogP contribution in [0, 0.1) is 11.3 Å². The first-order valence-electron chi connectivity index (χ1n) is 10.8. The molecular weight excluding hydrogens is 386 g/mol. The van der Waals surface area contributed by atoms with Crippen LogP contribution in [0.15, 0.2) is 55.0 Å². The summed E-state index contributed by atoms with van der Waals surface area (Å²) in [5.74, 6) is 1.59. The number of rotatable bonds is 4. The molecule has 0 bridgehead atoms. The van der Waals surface area contributed by atoms with Crippen molar-refractivity contribution < 1.29 is 4.79 Å². The fraction of sp³-hybridized carbons (Fsp3) is 0.320. The third-order valence-electron chi connectivity index (χ3n) is 6.13. The summed E-state index contributed by atoms with van der Waals surface area (Å²) in [4.78, 5) is 28.8. The molecule has 6 nitrogen and oxygen atoms in total. The van der Waals surface area contributed by atoms with E-state index in [-0.39, 0.29) is 11.8 Å². The SMILES string of the molecule is N#Cc1ccc(C(=O)N2CCCC(c3nc(C4CC4)ncc3-c3ccncc3)C2)cc1. The summed E-state index contributed by atoms with van der Waals surface area (Å²) in [6.45, 7) is 1.37. The van der Waals surface area contributed by atoms with Crippen molar-refractivity contribution >= 4 is 5.91 Å². The van der Waals surface area contributed by atoms with Crippen LogP contribution in [0.5, 0.6) is 0 Å². The van der Waals surface area contributed by atoms with E-state index in [0.717, 1.165) is 54.9 Å². The summed E-state index contributed by atoms with van der Waals surface area (Å²) in [6.07, 6.45) is 9.77. The Morgan fingerprint density at radius 1 is 1.03 bits per heavy atom. The van der Waals surface area contributed by atoms with Gasteiger partial charge in [-0.1, -0.05) is 0 Å². The Labute approximate surface area is 181 Å². The molecule has 1 saturated heterocycles. The van der Waals surface area contributed by atoms with Gasteiger partial charge in [0, 0.05) is 54.6 Å². The Morgan fingerprint density at radius 3 is 2.52 bits per heavy atom. The van der Waals surface area contributed by atoms with Crippen molar-refractivity contribution in [1.82, 2.24) is 19.9 Å². The third kappa shape index (κ3) is 4.04. The van der Waals surface area contributed by atoms with Crippen LogP contribution in [0.4, 0.5) is 0 Å². The van der Waals surface area contributed by atoms with Gasteiger partial charge in [0.2, 0.25) is 0 Å². The smallest absolute Gasteiger partial charge is 0.253 e. The van der Waals surface area contributed by atoms with Gasteiger partial charge in [-0.25, -0.2) is 9.97 Å². The van der Waals surface area contributed by atoms with E-state index in [9.17, 15) is 4.79 Å². The maximum Gasteiger partial charge on any atom is 0.253 e. The Balaban J connectivity index is 1.44. The predicted octanol–water partition coefficient (Wildman–Crippen LogP) is 4.31. The van der Waals surface area contributed by atoms with Gasteiger partial charge in [-0.05, 0) is 67.6 Å². The van der Waals surface area contributed by atoms with Gasteiger partial charge < -0.3 is 4.90 Å². The molecule has 1 aliphatic carbocycles. The standard InChI is InChI=1S/C25H23N5O/c26-14-17-3-5-20(6-4-17)25(31)30-13-1-2-21(16-30)23-22(18-9-11-27-12-10-18)15-28-24(29-23)19-7-8-19/h3-6,9-12,15,19,21H,1-2,7-8,13,16H2. The van der Waals surface area contributed by atoms with E-state index in [2.05, 4.69) is 16.0 Å². The summed E-state index contributed by atoms with van der Waals surface area (Å²) in [6, 6.07) is 12.9. The minimum absolute atomic E-state index is 0.0103. The second-order valence-corrected chi connectivity index (χ2v) is 8.32. The highest BCUT2D eigenvalue weighted by atomic mass is 16.2. The molecule has 2 aromatic heterocycles. The number of benzene rings is 1. The van der Waals surface area contributed by atoms with E-state index >= 15 is 0 Å². The highest BCUT2D eigenvalue weighted by Crippen LogP contribution is 2.40. The number of pyridine rings is 1. The fourth-order valence-corrected chi connectivity index (χ4v) is 4.27. The summed E-state index contributed by atoms with van der Waals surface area (Å²) >= 11 is 0. The molecule has 6 heteroatoms. The van der Waals surface area contributed by atoms with E-state index < -0.39 is 0 Å². The Kier molecular flexibility index (Phi) is 5.17. The molecule has 0 radical (unpaired) electrons. The van der Waals surface area contributed by atoms with Crippen LogP contribution < -0.4 is 0 Å². The summed E-state index contributed by atoms with van der Waals surface area (Å²) in [5.41, 5.74) is 4.31. The molecule has 1 aliphatic heterocycles. The van der Waals surface area contributed by atoms with Crippen LogP contribution >= 0.6 is 0 Å². The second-order valence-electron chi connectivity index (χ2n) is 8.32. The molecule has 5 rings (SSSR count). The van der Waals surface area contributed by atoms with Crippen molar-refractivity contribution in [3.8, 4) is 17.2 Å². The lowest BCUT2D eigenvalue weighted by molar-refractivity contribution is 0.0706. The first kappa shape index (κ1) is 19.4. The van der Waals surface area contributed by atoms with E-state index in [1.165, 1.54) is 0 Å². The molecule has 2 fully saturated rings. The quantitative estimate of drug-likeness (QED) is 0.641. The Morgan fingerprint density at radius 2 is 1.81 bits per heavy atom. The van der Waals surface area contributed by atoms with Crippen LogP contribution in [0.25, 0.3) is 11.1 Å². The first-order chi connectivity index (χ1) is 15.2. The molecule has 1 aromatic carbocycles. The van der Waals surface area contributed by atoms with Gasteiger partial charge in [0.25, 0.3) is 5.91 Å². The number of likely N-dealkylation sites (tertiary alicyclic amines) is 1. The van der Waals surface area contributed by atoms with Gasteiger partial charge in [-0.15, -0.1) is 0 Å². The molecule has 0 N–H and O–H groups in total. The number of carbonyl (C=O) groups excluding carboxylic acids is 1. The highest BCUT2D eigenvalue weighted by Gasteiger charge is 2.31. The van der Waals surface area contributed by atoms with Gasteiger partial charge in [-0.2, -0.15) is 5.26 Å².